The third-order valence-corrected chi connectivity index (χ3v) is 2.99. The van der Waals surface area contributed by atoms with Crippen molar-refractivity contribution in [2.75, 3.05) is 5.32 Å². The number of carbonyl (C=O) groups excluding carboxylic acids is 1. The van der Waals surface area contributed by atoms with Gasteiger partial charge in [0.05, 0.1) is 6.20 Å². The molecule has 0 spiro atoms. The van der Waals surface area contributed by atoms with Crippen molar-refractivity contribution in [1.82, 2.24) is 15.0 Å². The Morgan fingerprint density at radius 1 is 1.45 bits per heavy atom. The summed E-state index contributed by atoms with van der Waals surface area (Å²) in [6, 6.07) is 5.14. The predicted molar refractivity (Wildman–Crippen MR) is 71.8 cm³/mol. The lowest BCUT2D eigenvalue weighted by Gasteiger charge is -2.07. The van der Waals surface area contributed by atoms with Crippen LogP contribution >= 0.6 is 11.6 Å². The van der Waals surface area contributed by atoms with E-state index in [1.807, 2.05) is 0 Å². The summed E-state index contributed by atoms with van der Waals surface area (Å²) >= 11 is 5.96. The maximum absolute atomic E-state index is 12.0. The predicted octanol–water partition coefficient (Wildman–Crippen LogP) is 1.58. The minimum Gasteiger partial charge on any atom is -0.480 e. The Bertz CT molecular complexity index is 668. The Morgan fingerprint density at radius 3 is 2.90 bits per heavy atom. The number of carboxylic acid groups (broad SMARTS) is 1. The van der Waals surface area contributed by atoms with E-state index >= 15 is 0 Å². The molecule has 8 heteroatoms. The number of nitrogens with zero attached hydrogens (tertiary/aromatic N) is 3. The van der Waals surface area contributed by atoms with Crippen molar-refractivity contribution in [2.45, 2.75) is 13.5 Å². The second kappa shape index (κ2) is 5.70. The number of hydrogen-bond donors (Lipinski definition) is 2. The highest BCUT2D eigenvalue weighted by Crippen LogP contribution is 2.23. The fourth-order valence-corrected chi connectivity index (χ4v) is 1.72. The largest absolute Gasteiger partial charge is 0.480 e. The van der Waals surface area contributed by atoms with E-state index in [4.69, 9.17) is 16.7 Å². The molecule has 1 heterocycles. The van der Waals surface area contributed by atoms with Gasteiger partial charge in [-0.2, -0.15) is 0 Å². The van der Waals surface area contributed by atoms with Gasteiger partial charge in [0.25, 0.3) is 5.91 Å². The van der Waals surface area contributed by atoms with Crippen molar-refractivity contribution in [3.63, 3.8) is 0 Å². The maximum atomic E-state index is 12.0. The number of carboxylic acids is 1. The Balaban J connectivity index is 2.14. The van der Waals surface area contributed by atoms with Gasteiger partial charge in [-0.1, -0.05) is 22.9 Å². The fraction of sp³-hybridized carbons (Fsp3) is 0.167. The molecule has 0 fully saturated rings. The minimum atomic E-state index is -1.06. The van der Waals surface area contributed by atoms with Crippen molar-refractivity contribution >= 4 is 29.2 Å². The molecule has 0 aliphatic rings. The third kappa shape index (κ3) is 3.12. The van der Waals surface area contributed by atoms with Gasteiger partial charge in [0, 0.05) is 10.7 Å². The number of carbonyl (C=O) groups is 2. The molecule has 2 aromatic rings. The lowest BCUT2D eigenvalue weighted by molar-refractivity contribution is -0.137. The zero-order valence-electron chi connectivity index (χ0n) is 10.5. The van der Waals surface area contributed by atoms with Gasteiger partial charge in [-0.05, 0) is 24.6 Å². The van der Waals surface area contributed by atoms with E-state index in [1.165, 1.54) is 6.20 Å². The van der Waals surface area contributed by atoms with Crippen LogP contribution in [0.25, 0.3) is 0 Å². The zero-order valence-corrected chi connectivity index (χ0v) is 11.3. The Morgan fingerprint density at radius 2 is 2.20 bits per heavy atom. The molecule has 1 amide bonds. The molecule has 0 radical (unpaired) electrons. The quantitative estimate of drug-likeness (QED) is 0.892. The van der Waals surface area contributed by atoms with Gasteiger partial charge in [0.2, 0.25) is 0 Å². The number of benzene rings is 1. The second-order valence-corrected chi connectivity index (χ2v) is 4.47. The average Bonchev–Trinajstić information content (AvgIpc) is 2.82. The van der Waals surface area contributed by atoms with Gasteiger partial charge in [-0.25, -0.2) is 4.68 Å². The lowest BCUT2D eigenvalue weighted by Crippen LogP contribution is -2.13. The first-order chi connectivity index (χ1) is 9.47. The summed E-state index contributed by atoms with van der Waals surface area (Å²) in [5.41, 5.74) is 1.33. The van der Waals surface area contributed by atoms with E-state index in [1.54, 1.807) is 25.1 Å². The molecule has 0 atom stereocenters. The highest BCUT2D eigenvalue weighted by atomic mass is 35.5. The van der Waals surface area contributed by atoms with Crippen LogP contribution in [0.4, 0.5) is 5.69 Å². The van der Waals surface area contributed by atoms with Gasteiger partial charge in [0.15, 0.2) is 5.69 Å². The molecule has 1 aromatic carbocycles. The normalized spacial score (nSPS) is 10.3. The van der Waals surface area contributed by atoms with Crippen LogP contribution in [0, 0.1) is 6.92 Å². The highest BCUT2D eigenvalue weighted by molar-refractivity contribution is 6.31. The Labute approximate surface area is 119 Å². The van der Waals surface area contributed by atoms with Crippen LogP contribution in [0.3, 0.4) is 0 Å². The number of aromatic nitrogens is 3. The van der Waals surface area contributed by atoms with E-state index in [2.05, 4.69) is 15.6 Å². The summed E-state index contributed by atoms with van der Waals surface area (Å²) in [7, 11) is 0. The van der Waals surface area contributed by atoms with Crippen LogP contribution in [-0.4, -0.2) is 32.0 Å². The molecule has 0 saturated heterocycles. The summed E-state index contributed by atoms with van der Waals surface area (Å²) in [6.45, 7) is 1.43. The molecular weight excluding hydrogens is 284 g/mol. The number of halogens is 1. The van der Waals surface area contributed by atoms with E-state index in [0.29, 0.717) is 10.7 Å². The first-order valence-electron chi connectivity index (χ1n) is 5.66. The van der Waals surface area contributed by atoms with Gasteiger partial charge in [-0.15, -0.1) is 5.10 Å². The molecule has 1 aromatic heterocycles. The topological polar surface area (TPSA) is 97.1 Å². The number of rotatable bonds is 4. The molecule has 104 valence electrons. The van der Waals surface area contributed by atoms with Crippen molar-refractivity contribution in [2.24, 2.45) is 0 Å². The summed E-state index contributed by atoms with van der Waals surface area (Å²) in [4.78, 5) is 22.5. The summed E-state index contributed by atoms with van der Waals surface area (Å²) in [5, 5.41) is 19.0. The van der Waals surface area contributed by atoms with Crippen LogP contribution in [0.1, 0.15) is 16.1 Å². The van der Waals surface area contributed by atoms with Crippen LogP contribution < -0.4 is 5.32 Å². The Hall–Kier alpha value is -2.41. The van der Waals surface area contributed by atoms with Crippen LogP contribution in [0.5, 0.6) is 0 Å². The number of anilines is 1. The molecule has 2 N–H and O–H groups in total. The second-order valence-electron chi connectivity index (χ2n) is 4.06. The molecule has 20 heavy (non-hydrogen) atoms. The Kier molecular flexibility index (Phi) is 3.99. The van der Waals surface area contributed by atoms with Gasteiger partial charge in [0.1, 0.15) is 6.54 Å². The monoisotopic (exact) mass is 294 g/mol. The number of hydrogen-bond acceptors (Lipinski definition) is 4. The molecule has 7 nitrogen and oxygen atoms in total. The molecular formula is C12H11ClN4O3. The van der Waals surface area contributed by atoms with Crippen molar-refractivity contribution < 1.29 is 14.7 Å². The summed E-state index contributed by atoms with van der Waals surface area (Å²) in [5.74, 6) is -1.54. The number of amides is 1. The van der Waals surface area contributed by atoms with Crippen molar-refractivity contribution in [3.8, 4) is 0 Å². The fourth-order valence-electron chi connectivity index (χ4n) is 1.55. The molecule has 2 rings (SSSR count). The van der Waals surface area contributed by atoms with Crippen LogP contribution in [-0.2, 0) is 11.3 Å². The van der Waals surface area contributed by atoms with Crippen molar-refractivity contribution in [1.29, 1.82) is 0 Å². The zero-order chi connectivity index (χ0) is 14.7. The maximum Gasteiger partial charge on any atom is 0.325 e. The van der Waals surface area contributed by atoms with Crippen LogP contribution in [0.2, 0.25) is 5.02 Å². The highest BCUT2D eigenvalue weighted by Gasteiger charge is 2.13. The van der Waals surface area contributed by atoms with E-state index in [0.717, 1.165) is 10.2 Å². The number of nitrogens with one attached hydrogen (secondary N) is 1. The first-order valence-corrected chi connectivity index (χ1v) is 6.03. The van der Waals surface area contributed by atoms with Gasteiger partial charge < -0.3 is 10.4 Å². The van der Waals surface area contributed by atoms with E-state index in [9.17, 15) is 9.59 Å². The molecule has 0 saturated carbocycles. The summed E-state index contributed by atoms with van der Waals surface area (Å²) < 4.78 is 1.07. The number of aliphatic carboxylic acids is 1. The molecule has 0 unspecified atom stereocenters. The smallest absolute Gasteiger partial charge is 0.325 e. The SMILES string of the molecule is Cc1c(Cl)cccc1NC(=O)c1cn(CC(=O)O)nn1. The van der Waals surface area contributed by atoms with Gasteiger partial charge in [-0.3, -0.25) is 9.59 Å². The molecule has 0 aliphatic carbocycles. The molecule has 0 aliphatic heterocycles. The van der Waals surface area contributed by atoms with Crippen molar-refractivity contribution in [3.05, 3.63) is 40.7 Å². The van der Waals surface area contributed by atoms with Crippen LogP contribution in [0.15, 0.2) is 24.4 Å². The average molecular weight is 295 g/mol. The third-order valence-electron chi connectivity index (χ3n) is 2.58. The minimum absolute atomic E-state index is 0.0330. The van der Waals surface area contributed by atoms with E-state index in [-0.39, 0.29) is 12.2 Å². The molecule has 0 bridgehead atoms. The summed E-state index contributed by atoms with van der Waals surface area (Å²) in [6.07, 6.45) is 1.27. The van der Waals surface area contributed by atoms with E-state index < -0.39 is 11.9 Å². The van der Waals surface area contributed by atoms with Gasteiger partial charge >= 0.3 is 5.97 Å². The standard InChI is InChI=1S/C12H11ClN4O3/c1-7-8(13)3-2-4-9(7)14-12(20)10-5-17(16-15-10)6-11(18)19/h2-5H,6H2,1H3,(H,14,20)(H,18,19). The first kappa shape index (κ1) is 14.0. The lowest BCUT2D eigenvalue weighted by atomic mass is 10.2.